The lowest BCUT2D eigenvalue weighted by atomic mass is 10.1. The predicted octanol–water partition coefficient (Wildman–Crippen LogP) is 2.17. The van der Waals surface area contributed by atoms with E-state index in [9.17, 15) is 0 Å². The van der Waals surface area contributed by atoms with Gasteiger partial charge in [0.15, 0.2) is 0 Å². The van der Waals surface area contributed by atoms with Gasteiger partial charge in [0.05, 0.1) is 12.2 Å². The maximum absolute atomic E-state index is 5.93. The van der Waals surface area contributed by atoms with Crippen molar-refractivity contribution in [2.45, 2.75) is 51.9 Å². The molecule has 5 nitrogen and oxygen atoms in total. The molecular weight excluding hydrogens is 264 g/mol. The molecule has 1 aromatic heterocycles. The van der Waals surface area contributed by atoms with E-state index in [0.29, 0.717) is 0 Å². The Morgan fingerprint density at radius 1 is 1.33 bits per heavy atom. The van der Waals surface area contributed by atoms with Crippen molar-refractivity contribution < 1.29 is 4.74 Å². The van der Waals surface area contributed by atoms with Gasteiger partial charge in [0, 0.05) is 24.7 Å². The van der Waals surface area contributed by atoms with Crippen molar-refractivity contribution in [3.05, 3.63) is 41.7 Å². The van der Waals surface area contributed by atoms with Gasteiger partial charge >= 0.3 is 0 Å². The second-order valence-electron chi connectivity index (χ2n) is 6.59. The first kappa shape index (κ1) is 14.1. The molecule has 1 unspecified atom stereocenters. The molecule has 0 bridgehead atoms. The van der Waals surface area contributed by atoms with E-state index in [-0.39, 0.29) is 11.6 Å². The first-order valence-corrected chi connectivity index (χ1v) is 7.38. The molecule has 0 amide bonds. The van der Waals surface area contributed by atoms with Crippen LogP contribution in [0, 0.1) is 0 Å². The maximum Gasteiger partial charge on any atom is 0.123 e. The Morgan fingerprint density at radius 2 is 2.14 bits per heavy atom. The number of fused-ring (bicyclic) bond motifs is 1. The maximum atomic E-state index is 5.93. The minimum Gasteiger partial charge on any atom is -0.488 e. The summed E-state index contributed by atoms with van der Waals surface area (Å²) in [6, 6.07) is 8.20. The molecule has 1 atom stereocenters. The van der Waals surface area contributed by atoms with E-state index in [1.165, 1.54) is 5.56 Å². The lowest BCUT2D eigenvalue weighted by molar-refractivity contribution is 0.202. The minimum absolute atomic E-state index is 0.0833. The van der Waals surface area contributed by atoms with Crippen LogP contribution in [-0.2, 0) is 19.5 Å². The van der Waals surface area contributed by atoms with Crippen molar-refractivity contribution >= 4 is 0 Å². The van der Waals surface area contributed by atoms with E-state index in [1.54, 1.807) is 0 Å². The summed E-state index contributed by atoms with van der Waals surface area (Å²) >= 11 is 0. The molecule has 2 aromatic rings. The molecule has 1 aliphatic heterocycles. The number of aromatic nitrogens is 3. The fraction of sp³-hybridized carbons (Fsp3) is 0.500. The summed E-state index contributed by atoms with van der Waals surface area (Å²) in [5.74, 6) is 0.997. The molecule has 1 aliphatic rings. The van der Waals surface area contributed by atoms with Crippen molar-refractivity contribution in [3.8, 4) is 5.75 Å². The molecule has 5 heteroatoms. The molecule has 0 saturated carbocycles. The summed E-state index contributed by atoms with van der Waals surface area (Å²) in [7, 11) is 0. The van der Waals surface area contributed by atoms with Crippen LogP contribution in [0.25, 0.3) is 0 Å². The van der Waals surface area contributed by atoms with Crippen LogP contribution < -0.4 is 10.1 Å². The van der Waals surface area contributed by atoms with Crippen LogP contribution >= 0.6 is 0 Å². The summed E-state index contributed by atoms with van der Waals surface area (Å²) in [4.78, 5) is 0. The monoisotopic (exact) mass is 286 g/mol. The zero-order valence-corrected chi connectivity index (χ0v) is 12.8. The average molecular weight is 286 g/mol. The van der Waals surface area contributed by atoms with Gasteiger partial charge in [-0.2, -0.15) is 0 Å². The van der Waals surface area contributed by atoms with Gasteiger partial charge in [0.1, 0.15) is 11.9 Å². The number of rotatable bonds is 4. The first-order valence-electron chi connectivity index (χ1n) is 7.38. The highest BCUT2D eigenvalue weighted by Gasteiger charge is 2.23. The molecule has 112 valence electrons. The third kappa shape index (κ3) is 3.61. The molecule has 0 fully saturated rings. The number of nitrogens with zero attached hydrogens (tertiary/aromatic N) is 3. The highest BCUT2D eigenvalue weighted by molar-refractivity contribution is 5.37. The summed E-state index contributed by atoms with van der Waals surface area (Å²) in [5.41, 5.74) is 2.32. The van der Waals surface area contributed by atoms with Gasteiger partial charge in [-0.25, -0.2) is 4.68 Å². The van der Waals surface area contributed by atoms with Crippen LogP contribution in [0.2, 0.25) is 0 Å². The summed E-state index contributed by atoms with van der Waals surface area (Å²) in [5, 5.41) is 11.8. The topological polar surface area (TPSA) is 52.0 Å². The lowest BCUT2D eigenvalue weighted by Crippen LogP contribution is -2.35. The molecular formula is C16H22N4O. The van der Waals surface area contributed by atoms with E-state index < -0.39 is 0 Å². The minimum atomic E-state index is 0.0833. The fourth-order valence-electron chi connectivity index (χ4n) is 2.43. The van der Waals surface area contributed by atoms with E-state index in [1.807, 2.05) is 23.0 Å². The van der Waals surface area contributed by atoms with E-state index >= 15 is 0 Å². The van der Waals surface area contributed by atoms with Gasteiger partial charge in [0.25, 0.3) is 0 Å². The van der Waals surface area contributed by atoms with Gasteiger partial charge in [-0.15, -0.1) is 5.10 Å². The second kappa shape index (κ2) is 5.48. The highest BCUT2D eigenvalue weighted by atomic mass is 16.5. The Bertz CT molecular complexity index is 590. The Kier molecular flexibility index (Phi) is 3.68. The van der Waals surface area contributed by atoms with Crippen molar-refractivity contribution in [2.75, 3.05) is 0 Å². The zero-order chi connectivity index (χ0) is 14.9. The van der Waals surface area contributed by atoms with Gasteiger partial charge in [-0.05, 0) is 32.4 Å². The highest BCUT2D eigenvalue weighted by Crippen LogP contribution is 2.28. The summed E-state index contributed by atoms with van der Waals surface area (Å²) < 4.78 is 7.80. The van der Waals surface area contributed by atoms with Crippen molar-refractivity contribution in [3.63, 3.8) is 0 Å². The van der Waals surface area contributed by atoms with Crippen molar-refractivity contribution in [1.82, 2.24) is 20.3 Å². The molecule has 3 rings (SSSR count). The van der Waals surface area contributed by atoms with Crippen LogP contribution in [-0.4, -0.2) is 26.6 Å². The summed E-state index contributed by atoms with van der Waals surface area (Å²) in [6.07, 6.45) is 3.07. The summed E-state index contributed by atoms with van der Waals surface area (Å²) in [6.45, 7) is 7.88. The SMILES string of the molecule is CC(C)(C)NCc1cn(CC2Cc3ccccc3O2)nn1. The Hall–Kier alpha value is -1.88. The van der Waals surface area contributed by atoms with Crippen molar-refractivity contribution in [2.24, 2.45) is 0 Å². The Morgan fingerprint density at radius 3 is 2.90 bits per heavy atom. The van der Waals surface area contributed by atoms with Crippen LogP contribution in [0.15, 0.2) is 30.5 Å². The molecule has 1 N–H and O–H groups in total. The van der Waals surface area contributed by atoms with Crippen LogP contribution in [0.3, 0.4) is 0 Å². The molecule has 0 spiro atoms. The van der Waals surface area contributed by atoms with E-state index in [2.05, 4.69) is 48.5 Å². The second-order valence-corrected chi connectivity index (χ2v) is 6.59. The number of ether oxygens (including phenoxy) is 1. The molecule has 0 aliphatic carbocycles. The quantitative estimate of drug-likeness (QED) is 0.936. The normalized spacial score (nSPS) is 17.6. The van der Waals surface area contributed by atoms with Crippen molar-refractivity contribution in [1.29, 1.82) is 0 Å². The van der Waals surface area contributed by atoms with Crippen LogP contribution in [0.1, 0.15) is 32.0 Å². The number of para-hydroxylation sites is 1. The van der Waals surface area contributed by atoms with Gasteiger partial charge in [0.2, 0.25) is 0 Å². The van der Waals surface area contributed by atoms with E-state index in [4.69, 9.17) is 4.74 Å². The Balaban J connectivity index is 1.56. The number of hydrogen-bond donors (Lipinski definition) is 1. The number of hydrogen-bond acceptors (Lipinski definition) is 4. The predicted molar refractivity (Wildman–Crippen MR) is 81.2 cm³/mol. The zero-order valence-electron chi connectivity index (χ0n) is 12.8. The van der Waals surface area contributed by atoms with Gasteiger partial charge in [-0.3, -0.25) is 0 Å². The lowest BCUT2D eigenvalue weighted by Gasteiger charge is -2.19. The van der Waals surface area contributed by atoms with E-state index in [0.717, 1.165) is 31.0 Å². The van der Waals surface area contributed by atoms with Crippen LogP contribution in [0.5, 0.6) is 5.75 Å². The molecule has 0 radical (unpaired) electrons. The van der Waals surface area contributed by atoms with Crippen LogP contribution in [0.4, 0.5) is 0 Å². The molecule has 21 heavy (non-hydrogen) atoms. The first-order chi connectivity index (χ1) is 9.99. The van der Waals surface area contributed by atoms with Gasteiger partial charge in [-0.1, -0.05) is 23.4 Å². The Labute approximate surface area is 125 Å². The van der Waals surface area contributed by atoms with Gasteiger partial charge < -0.3 is 10.1 Å². The molecule has 0 saturated heterocycles. The third-order valence-corrected chi connectivity index (χ3v) is 3.49. The number of nitrogens with one attached hydrogen (secondary N) is 1. The largest absolute Gasteiger partial charge is 0.488 e. The molecule has 2 heterocycles. The average Bonchev–Trinajstić information content (AvgIpc) is 3.01. The number of benzene rings is 1. The smallest absolute Gasteiger partial charge is 0.123 e. The molecule has 1 aromatic carbocycles. The third-order valence-electron chi connectivity index (χ3n) is 3.49. The fourth-order valence-corrected chi connectivity index (χ4v) is 2.43. The standard InChI is InChI=1S/C16H22N4O/c1-16(2,3)17-9-13-10-20(19-18-13)11-14-8-12-6-4-5-7-15(12)21-14/h4-7,10,14,17H,8-9,11H2,1-3H3.